The maximum absolute atomic E-state index is 5.71. The van der Waals surface area contributed by atoms with Crippen molar-refractivity contribution in [1.82, 2.24) is 25.2 Å². The van der Waals surface area contributed by atoms with Crippen LogP contribution in [-0.4, -0.2) is 73.0 Å². The van der Waals surface area contributed by atoms with E-state index >= 15 is 0 Å². The minimum atomic E-state index is 0.203. The van der Waals surface area contributed by atoms with Crippen LogP contribution in [0.25, 0.3) is 0 Å². The quantitative estimate of drug-likeness (QED) is 0.663. The van der Waals surface area contributed by atoms with Crippen molar-refractivity contribution in [3.8, 4) is 0 Å². The first kappa shape index (κ1) is 14.4. The van der Waals surface area contributed by atoms with E-state index in [2.05, 4.69) is 27.6 Å². The molecule has 0 saturated carbocycles. The van der Waals surface area contributed by atoms with Gasteiger partial charge in [-0.1, -0.05) is 5.21 Å². The number of nitrogens with zero attached hydrogens (tertiary/aromatic N) is 4. The van der Waals surface area contributed by atoms with Crippen molar-refractivity contribution >= 4 is 0 Å². The van der Waals surface area contributed by atoms with Gasteiger partial charge in [0.2, 0.25) is 0 Å². The van der Waals surface area contributed by atoms with Gasteiger partial charge in [-0.3, -0.25) is 0 Å². The van der Waals surface area contributed by atoms with E-state index < -0.39 is 0 Å². The Labute approximate surface area is 113 Å². The Hall–Kier alpha value is -1.02. The van der Waals surface area contributed by atoms with Gasteiger partial charge in [-0.25, -0.2) is 4.68 Å². The molecule has 7 heteroatoms. The third-order valence-electron chi connectivity index (χ3n) is 3.11. The van der Waals surface area contributed by atoms with Crippen molar-refractivity contribution in [3.63, 3.8) is 0 Å². The largest absolute Gasteiger partial charge is 0.383 e. The molecular formula is C12H23N5O2. The fourth-order valence-corrected chi connectivity index (χ4v) is 2.09. The average molecular weight is 269 g/mol. The summed E-state index contributed by atoms with van der Waals surface area (Å²) < 4.78 is 12.5. The molecule has 1 atom stereocenters. The lowest BCUT2D eigenvalue weighted by molar-refractivity contribution is -0.0292. The van der Waals surface area contributed by atoms with Crippen LogP contribution in [0.5, 0.6) is 0 Å². The van der Waals surface area contributed by atoms with Crippen molar-refractivity contribution in [2.45, 2.75) is 19.2 Å². The van der Waals surface area contributed by atoms with E-state index in [4.69, 9.17) is 9.47 Å². The lowest BCUT2D eigenvalue weighted by atomic mass is 10.3. The van der Waals surface area contributed by atoms with Crippen LogP contribution in [0.1, 0.15) is 5.69 Å². The Morgan fingerprint density at radius 2 is 2.47 bits per heavy atom. The Kier molecular flexibility index (Phi) is 5.71. The van der Waals surface area contributed by atoms with Crippen LogP contribution in [-0.2, 0) is 22.6 Å². The summed E-state index contributed by atoms with van der Waals surface area (Å²) in [6, 6.07) is 0. The Morgan fingerprint density at radius 1 is 1.58 bits per heavy atom. The molecule has 7 nitrogen and oxygen atoms in total. The summed E-state index contributed by atoms with van der Waals surface area (Å²) in [7, 11) is 3.81. The smallest absolute Gasteiger partial charge is 0.0964 e. The van der Waals surface area contributed by atoms with E-state index in [0.717, 1.165) is 45.0 Å². The normalized spacial score (nSPS) is 20.8. The number of methoxy groups -OCH3 is 1. The number of likely N-dealkylation sites (N-methyl/N-ethyl adjacent to an activating group) is 1. The predicted molar refractivity (Wildman–Crippen MR) is 70.8 cm³/mol. The minimum Gasteiger partial charge on any atom is -0.383 e. The van der Waals surface area contributed by atoms with Crippen molar-refractivity contribution < 1.29 is 9.47 Å². The molecule has 1 aromatic heterocycles. The fourth-order valence-electron chi connectivity index (χ4n) is 2.09. The lowest BCUT2D eigenvalue weighted by Gasteiger charge is -2.29. The van der Waals surface area contributed by atoms with Crippen LogP contribution < -0.4 is 5.32 Å². The highest BCUT2D eigenvalue weighted by molar-refractivity contribution is 4.91. The molecule has 0 aliphatic carbocycles. The molecule has 0 radical (unpaired) electrons. The predicted octanol–water partition coefficient (Wildman–Crippen LogP) is -0.655. The highest BCUT2D eigenvalue weighted by Gasteiger charge is 2.18. The SMILES string of the molecule is COCCNCc1cn(CC2CN(C)CCO2)nn1. The molecule has 1 aliphatic heterocycles. The molecular weight excluding hydrogens is 246 g/mol. The van der Waals surface area contributed by atoms with Crippen LogP contribution in [0.15, 0.2) is 6.20 Å². The number of ether oxygens (including phenoxy) is 2. The summed E-state index contributed by atoms with van der Waals surface area (Å²) in [4.78, 5) is 2.28. The molecule has 1 fully saturated rings. The molecule has 1 saturated heterocycles. The zero-order valence-corrected chi connectivity index (χ0v) is 11.7. The first-order valence-corrected chi connectivity index (χ1v) is 6.66. The van der Waals surface area contributed by atoms with Gasteiger partial charge >= 0.3 is 0 Å². The molecule has 1 N–H and O–H groups in total. The second kappa shape index (κ2) is 7.54. The van der Waals surface area contributed by atoms with Crippen LogP contribution in [0, 0.1) is 0 Å². The minimum absolute atomic E-state index is 0.203. The van der Waals surface area contributed by atoms with Crippen molar-refractivity contribution in [2.75, 3.05) is 47.0 Å². The van der Waals surface area contributed by atoms with E-state index in [1.807, 2.05) is 10.9 Å². The van der Waals surface area contributed by atoms with Crippen LogP contribution >= 0.6 is 0 Å². The van der Waals surface area contributed by atoms with Crippen molar-refractivity contribution in [2.24, 2.45) is 0 Å². The van der Waals surface area contributed by atoms with Gasteiger partial charge in [-0.05, 0) is 7.05 Å². The summed E-state index contributed by atoms with van der Waals surface area (Å²) in [5.74, 6) is 0. The summed E-state index contributed by atoms with van der Waals surface area (Å²) >= 11 is 0. The van der Waals surface area contributed by atoms with Gasteiger partial charge in [0, 0.05) is 39.5 Å². The first-order chi connectivity index (χ1) is 9.28. The van der Waals surface area contributed by atoms with Gasteiger partial charge in [0.1, 0.15) is 0 Å². The number of morpholine rings is 1. The van der Waals surface area contributed by atoms with Gasteiger partial charge in [0.05, 0.1) is 31.6 Å². The number of rotatable bonds is 7. The fraction of sp³-hybridized carbons (Fsp3) is 0.833. The molecule has 0 aromatic carbocycles. The molecule has 1 unspecified atom stereocenters. The zero-order chi connectivity index (χ0) is 13.5. The molecule has 19 heavy (non-hydrogen) atoms. The van der Waals surface area contributed by atoms with Crippen LogP contribution in [0.2, 0.25) is 0 Å². The molecule has 2 heterocycles. The summed E-state index contributed by atoms with van der Waals surface area (Å²) in [5, 5.41) is 11.5. The van der Waals surface area contributed by atoms with Gasteiger partial charge in [-0.15, -0.1) is 5.10 Å². The first-order valence-electron chi connectivity index (χ1n) is 6.66. The highest BCUT2D eigenvalue weighted by Crippen LogP contribution is 2.05. The molecule has 1 aromatic rings. The van der Waals surface area contributed by atoms with E-state index in [1.54, 1.807) is 7.11 Å². The second-order valence-corrected chi connectivity index (χ2v) is 4.86. The van der Waals surface area contributed by atoms with Gasteiger partial charge in [0.25, 0.3) is 0 Å². The van der Waals surface area contributed by atoms with E-state index in [0.29, 0.717) is 6.61 Å². The molecule has 108 valence electrons. The Morgan fingerprint density at radius 3 is 3.26 bits per heavy atom. The topological polar surface area (TPSA) is 64.4 Å². The molecule has 1 aliphatic rings. The van der Waals surface area contributed by atoms with Gasteiger partial charge < -0.3 is 19.7 Å². The third-order valence-corrected chi connectivity index (χ3v) is 3.11. The standard InChI is InChI=1S/C12H23N5O2/c1-16-4-6-19-12(9-16)10-17-8-11(14-15-17)7-13-3-5-18-2/h8,12-13H,3-7,9-10H2,1-2H3. The number of hydrogen-bond donors (Lipinski definition) is 1. The highest BCUT2D eigenvalue weighted by atomic mass is 16.5. The van der Waals surface area contributed by atoms with Crippen LogP contribution in [0.4, 0.5) is 0 Å². The van der Waals surface area contributed by atoms with E-state index in [1.165, 1.54) is 0 Å². The maximum atomic E-state index is 5.71. The van der Waals surface area contributed by atoms with Crippen molar-refractivity contribution in [3.05, 3.63) is 11.9 Å². The van der Waals surface area contributed by atoms with Crippen molar-refractivity contribution in [1.29, 1.82) is 0 Å². The molecule has 0 bridgehead atoms. The van der Waals surface area contributed by atoms with Gasteiger partial charge in [-0.2, -0.15) is 0 Å². The number of nitrogens with one attached hydrogen (secondary N) is 1. The summed E-state index contributed by atoms with van der Waals surface area (Å²) in [5.41, 5.74) is 0.945. The average Bonchev–Trinajstić information content (AvgIpc) is 2.82. The van der Waals surface area contributed by atoms with E-state index in [9.17, 15) is 0 Å². The maximum Gasteiger partial charge on any atom is 0.0964 e. The van der Waals surface area contributed by atoms with Gasteiger partial charge in [0.15, 0.2) is 0 Å². The molecule has 2 rings (SSSR count). The third kappa shape index (κ3) is 4.87. The monoisotopic (exact) mass is 269 g/mol. The Bertz CT molecular complexity index is 371. The lowest BCUT2D eigenvalue weighted by Crippen LogP contribution is -2.42. The summed E-state index contributed by atoms with van der Waals surface area (Å²) in [6.45, 7) is 5.74. The number of aromatic nitrogens is 3. The molecule has 0 spiro atoms. The summed E-state index contributed by atoms with van der Waals surface area (Å²) in [6.07, 6.45) is 2.17. The number of hydrogen-bond acceptors (Lipinski definition) is 6. The second-order valence-electron chi connectivity index (χ2n) is 4.86. The van der Waals surface area contributed by atoms with Crippen LogP contribution in [0.3, 0.4) is 0 Å². The Balaban J connectivity index is 1.73. The van der Waals surface area contributed by atoms with E-state index in [-0.39, 0.29) is 6.10 Å². The zero-order valence-electron chi connectivity index (χ0n) is 11.7. The molecule has 0 amide bonds.